The number of halogens is 3. The molecule has 0 aromatic carbocycles. The van der Waals surface area contributed by atoms with E-state index in [0.29, 0.717) is 31.7 Å². The van der Waals surface area contributed by atoms with Gasteiger partial charge in [0.05, 0.1) is 4.92 Å². The van der Waals surface area contributed by atoms with Gasteiger partial charge in [-0.2, -0.15) is 23.3 Å². The highest BCUT2D eigenvalue weighted by Gasteiger charge is 2.36. The van der Waals surface area contributed by atoms with Gasteiger partial charge in [-0.05, 0) is 18.8 Å². The van der Waals surface area contributed by atoms with E-state index in [9.17, 15) is 23.3 Å². The van der Waals surface area contributed by atoms with Gasteiger partial charge in [-0.15, -0.1) is 0 Å². The van der Waals surface area contributed by atoms with E-state index < -0.39 is 28.4 Å². The topological polar surface area (TPSA) is 108 Å². The molecule has 0 unspecified atom stereocenters. The number of ether oxygens (including phenoxy) is 2. The summed E-state index contributed by atoms with van der Waals surface area (Å²) in [6.45, 7) is 1.65. The van der Waals surface area contributed by atoms with Gasteiger partial charge in [0.25, 0.3) is 0 Å². The first-order chi connectivity index (χ1) is 13.7. The van der Waals surface area contributed by atoms with Crippen molar-refractivity contribution in [2.45, 2.75) is 19.0 Å². The van der Waals surface area contributed by atoms with E-state index in [1.54, 1.807) is 12.0 Å². The predicted octanol–water partition coefficient (Wildman–Crippen LogP) is 2.79. The van der Waals surface area contributed by atoms with Crippen molar-refractivity contribution >= 4 is 11.5 Å². The van der Waals surface area contributed by atoms with Crippen LogP contribution in [0.2, 0.25) is 0 Å². The maximum atomic E-state index is 12.8. The van der Waals surface area contributed by atoms with Crippen molar-refractivity contribution in [2.24, 2.45) is 13.0 Å². The predicted molar refractivity (Wildman–Crippen MR) is 93.8 cm³/mol. The standard InChI is InChI=1S/C16H19F3N6O4/c1-23-12(7-11(22-23)16(17,18)19)29-15-13(25(26)27)14(20-9-21-15)24-5-3-10(4-6-24)8-28-2/h7,9-10H,3-6,8H2,1-2H3. The molecule has 0 spiro atoms. The maximum absolute atomic E-state index is 12.8. The summed E-state index contributed by atoms with van der Waals surface area (Å²) < 4.78 is 49.8. The summed E-state index contributed by atoms with van der Waals surface area (Å²) in [5.74, 6) is -0.364. The van der Waals surface area contributed by atoms with Gasteiger partial charge in [-0.1, -0.05) is 0 Å². The molecule has 2 aromatic heterocycles. The molecule has 158 valence electrons. The number of aromatic nitrogens is 4. The Morgan fingerprint density at radius 1 is 1.31 bits per heavy atom. The quantitative estimate of drug-likeness (QED) is 0.522. The van der Waals surface area contributed by atoms with Crippen molar-refractivity contribution in [2.75, 3.05) is 31.7 Å². The van der Waals surface area contributed by atoms with E-state index in [0.717, 1.165) is 23.9 Å². The fraction of sp³-hybridized carbons (Fsp3) is 0.562. The maximum Gasteiger partial charge on any atom is 0.435 e. The molecule has 0 saturated carbocycles. The van der Waals surface area contributed by atoms with Crippen molar-refractivity contribution in [3.8, 4) is 11.8 Å². The summed E-state index contributed by atoms with van der Waals surface area (Å²) in [4.78, 5) is 20.5. The van der Waals surface area contributed by atoms with Crippen LogP contribution in [0, 0.1) is 16.0 Å². The minimum Gasteiger partial charge on any atom is -0.415 e. The number of nitrogens with zero attached hydrogens (tertiary/aromatic N) is 6. The number of hydrogen-bond donors (Lipinski definition) is 0. The fourth-order valence-electron chi connectivity index (χ4n) is 3.15. The van der Waals surface area contributed by atoms with Crippen molar-refractivity contribution in [1.29, 1.82) is 0 Å². The summed E-state index contributed by atoms with van der Waals surface area (Å²) >= 11 is 0. The van der Waals surface area contributed by atoms with Crippen molar-refractivity contribution in [3.63, 3.8) is 0 Å². The summed E-state index contributed by atoms with van der Waals surface area (Å²) in [7, 11) is 2.85. The van der Waals surface area contributed by atoms with Crippen LogP contribution >= 0.6 is 0 Å². The summed E-state index contributed by atoms with van der Waals surface area (Å²) in [5.41, 5.74) is -1.68. The SMILES string of the molecule is COCC1CCN(c2ncnc(Oc3cc(C(F)(F)F)nn3C)c2[N+](=O)[O-])CC1. The number of alkyl halides is 3. The van der Waals surface area contributed by atoms with Gasteiger partial charge < -0.3 is 14.4 Å². The Morgan fingerprint density at radius 2 is 2.00 bits per heavy atom. The Bertz CT molecular complexity index is 880. The fourth-order valence-corrected chi connectivity index (χ4v) is 3.15. The van der Waals surface area contributed by atoms with Gasteiger partial charge in [0.2, 0.25) is 11.7 Å². The van der Waals surface area contributed by atoms with Gasteiger partial charge in [0.15, 0.2) is 5.69 Å². The Balaban J connectivity index is 1.89. The van der Waals surface area contributed by atoms with Gasteiger partial charge in [-0.3, -0.25) is 10.1 Å². The molecule has 10 nitrogen and oxygen atoms in total. The minimum atomic E-state index is -4.67. The first-order valence-electron chi connectivity index (χ1n) is 8.73. The highest BCUT2D eigenvalue weighted by Crippen LogP contribution is 2.38. The van der Waals surface area contributed by atoms with Crippen LogP contribution < -0.4 is 9.64 Å². The lowest BCUT2D eigenvalue weighted by molar-refractivity contribution is -0.385. The zero-order valence-electron chi connectivity index (χ0n) is 15.7. The molecule has 29 heavy (non-hydrogen) atoms. The number of piperidine rings is 1. The number of hydrogen-bond acceptors (Lipinski definition) is 8. The highest BCUT2D eigenvalue weighted by molar-refractivity contribution is 5.63. The highest BCUT2D eigenvalue weighted by atomic mass is 19.4. The molecule has 3 rings (SSSR count). The molecule has 3 heterocycles. The normalized spacial score (nSPS) is 15.6. The largest absolute Gasteiger partial charge is 0.435 e. The van der Waals surface area contributed by atoms with Crippen molar-refractivity contribution < 1.29 is 27.6 Å². The molecule has 0 amide bonds. The number of anilines is 1. The molecule has 1 aliphatic rings. The lowest BCUT2D eigenvalue weighted by atomic mass is 9.98. The second-order valence-corrected chi connectivity index (χ2v) is 6.59. The molecule has 0 radical (unpaired) electrons. The van der Waals surface area contributed by atoms with Crippen molar-refractivity contribution in [1.82, 2.24) is 19.7 Å². The lowest BCUT2D eigenvalue weighted by Gasteiger charge is -2.32. The van der Waals surface area contributed by atoms with Crippen LogP contribution in [0.3, 0.4) is 0 Å². The number of nitro groups is 1. The van der Waals surface area contributed by atoms with Gasteiger partial charge >= 0.3 is 17.7 Å². The van der Waals surface area contributed by atoms with E-state index in [4.69, 9.17) is 9.47 Å². The van der Waals surface area contributed by atoms with Crippen LogP contribution in [0.1, 0.15) is 18.5 Å². The zero-order chi connectivity index (χ0) is 21.2. The van der Waals surface area contributed by atoms with Crippen LogP contribution in [-0.4, -0.2) is 51.5 Å². The van der Waals surface area contributed by atoms with E-state index in [1.807, 2.05) is 0 Å². The molecule has 2 aromatic rings. The summed E-state index contributed by atoms with van der Waals surface area (Å²) in [5, 5.41) is 15.0. The Kier molecular flexibility index (Phi) is 5.86. The van der Waals surface area contributed by atoms with Crippen LogP contribution in [0.5, 0.6) is 11.8 Å². The molecular weight excluding hydrogens is 397 g/mol. The molecule has 0 aliphatic carbocycles. The molecule has 13 heteroatoms. The van der Waals surface area contributed by atoms with E-state index in [1.165, 1.54) is 7.05 Å². The third-order valence-corrected chi connectivity index (χ3v) is 4.60. The average Bonchev–Trinajstić information content (AvgIpc) is 3.03. The first-order valence-corrected chi connectivity index (χ1v) is 8.73. The van der Waals surface area contributed by atoms with Gasteiger partial charge in [0.1, 0.15) is 6.33 Å². The van der Waals surface area contributed by atoms with Crippen LogP contribution in [0.25, 0.3) is 0 Å². The summed E-state index contributed by atoms with van der Waals surface area (Å²) in [6, 6.07) is 0.655. The molecule has 1 fully saturated rings. The van der Waals surface area contributed by atoms with E-state index in [-0.39, 0.29) is 11.7 Å². The van der Waals surface area contributed by atoms with Gasteiger partial charge in [-0.25, -0.2) is 9.67 Å². The monoisotopic (exact) mass is 416 g/mol. The molecule has 1 saturated heterocycles. The van der Waals surface area contributed by atoms with Crippen LogP contribution in [-0.2, 0) is 18.0 Å². The Labute approximate surface area is 163 Å². The molecule has 0 atom stereocenters. The van der Waals surface area contributed by atoms with Gasteiger partial charge in [0, 0.05) is 39.9 Å². The minimum absolute atomic E-state index is 0.0640. The van der Waals surface area contributed by atoms with Crippen molar-refractivity contribution in [3.05, 3.63) is 28.2 Å². The molecule has 0 N–H and O–H groups in total. The Hall–Kier alpha value is -2.96. The summed E-state index contributed by atoms with van der Waals surface area (Å²) in [6.07, 6.45) is -2.06. The van der Waals surface area contributed by atoms with Crippen LogP contribution in [0.15, 0.2) is 12.4 Å². The number of rotatable bonds is 6. The van der Waals surface area contributed by atoms with E-state index >= 15 is 0 Å². The third-order valence-electron chi connectivity index (χ3n) is 4.60. The molecule has 1 aliphatic heterocycles. The van der Waals surface area contributed by atoms with E-state index in [2.05, 4.69) is 15.1 Å². The lowest BCUT2D eigenvalue weighted by Crippen LogP contribution is -2.36. The number of aryl methyl sites for hydroxylation is 1. The smallest absolute Gasteiger partial charge is 0.415 e. The Morgan fingerprint density at radius 3 is 2.55 bits per heavy atom. The second kappa shape index (κ2) is 8.19. The average molecular weight is 416 g/mol. The zero-order valence-corrected chi connectivity index (χ0v) is 15.7. The van der Waals surface area contributed by atoms with Crippen LogP contribution in [0.4, 0.5) is 24.7 Å². The molecular formula is C16H19F3N6O4. The third kappa shape index (κ3) is 4.55. The first kappa shape index (κ1) is 20.8. The molecule has 0 bridgehead atoms. The number of methoxy groups -OCH3 is 1. The second-order valence-electron chi connectivity index (χ2n) is 6.59.